The van der Waals surface area contributed by atoms with Gasteiger partial charge in [0, 0.05) is 37.0 Å². The van der Waals surface area contributed by atoms with Crippen LogP contribution < -0.4 is 5.73 Å². The van der Waals surface area contributed by atoms with Gasteiger partial charge < -0.3 is 10.5 Å². The highest BCUT2D eigenvalue weighted by molar-refractivity contribution is 6.36. The molecule has 0 radical (unpaired) electrons. The fourth-order valence-corrected chi connectivity index (χ4v) is 4.49. The van der Waals surface area contributed by atoms with E-state index in [1.165, 1.54) is 0 Å². The summed E-state index contributed by atoms with van der Waals surface area (Å²) in [5, 5.41) is 0. The largest absolute Gasteiger partial charge is 0.484 e. The molecule has 0 aliphatic carbocycles. The third-order valence-electron chi connectivity index (χ3n) is 7.08. The van der Waals surface area contributed by atoms with Gasteiger partial charge in [0.1, 0.15) is 22.9 Å². The van der Waals surface area contributed by atoms with Gasteiger partial charge in [-0.05, 0) is 44.4 Å². The molecule has 0 saturated carbocycles. The van der Waals surface area contributed by atoms with Gasteiger partial charge in [-0.3, -0.25) is 19.2 Å². The number of allylic oxidation sites excluding steroid dienone is 1. The molecule has 37 heavy (non-hydrogen) atoms. The summed E-state index contributed by atoms with van der Waals surface area (Å²) in [5.74, 6) is -3.03. The van der Waals surface area contributed by atoms with Gasteiger partial charge in [-0.1, -0.05) is 80.0 Å². The number of ether oxygens (including phenoxy) is 1. The number of carbonyl (C=O) groups excluding carboxylic acids is 4. The van der Waals surface area contributed by atoms with Crippen molar-refractivity contribution in [3.05, 3.63) is 18.1 Å². The van der Waals surface area contributed by atoms with E-state index in [4.69, 9.17) is 10.5 Å². The molecule has 0 spiro atoms. The molecule has 0 heterocycles. The number of unbranched alkanes of at least 4 members (excludes halogenated alkanes) is 1. The van der Waals surface area contributed by atoms with Crippen molar-refractivity contribution in [2.24, 2.45) is 34.3 Å². The van der Waals surface area contributed by atoms with Crippen LogP contribution in [0.5, 0.6) is 0 Å². The van der Waals surface area contributed by atoms with Crippen molar-refractivity contribution in [2.75, 3.05) is 0 Å². The first-order valence-electron chi connectivity index (χ1n) is 13.7. The SMILES string of the molecule is C=C=C(CC(C(=O)CC(CC(C)(C)CC)C(=O)CC(CCCC)C(=O)C(N)=O)C(C)(C)C)OC(C)(C)C. The van der Waals surface area contributed by atoms with Crippen LogP contribution in [0.15, 0.2) is 18.1 Å². The predicted octanol–water partition coefficient (Wildman–Crippen LogP) is 6.74. The molecule has 1 amide bonds. The summed E-state index contributed by atoms with van der Waals surface area (Å²) in [6, 6.07) is 0. The average molecular weight is 520 g/mol. The van der Waals surface area contributed by atoms with Crippen LogP contribution in [0.2, 0.25) is 0 Å². The first-order valence-corrected chi connectivity index (χ1v) is 13.7. The molecule has 0 aromatic rings. The summed E-state index contributed by atoms with van der Waals surface area (Å²) in [5.41, 5.74) is 7.14. The Morgan fingerprint density at radius 2 is 1.41 bits per heavy atom. The van der Waals surface area contributed by atoms with Crippen LogP contribution in [0.1, 0.15) is 121 Å². The lowest BCUT2D eigenvalue weighted by molar-refractivity contribution is -0.140. The van der Waals surface area contributed by atoms with Crippen molar-refractivity contribution >= 4 is 23.3 Å². The van der Waals surface area contributed by atoms with Crippen molar-refractivity contribution < 1.29 is 23.9 Å². The van der Waals surface area contributed by atoms with Gasteiger partial charge in [0.25, 0.3) is 5.91 Å². The second-order valence-electron chi connectivity index (χ2n) is 13.3. The van der Waals surface area contributed by atoms with Crippen LogP contribution in [-0.2, 0) is 23.9 Å². The van der Waals surface area contributed by atoms with Gasteiger partial charge >= 0.3 is 0 Å². The summed E-state index contributed by atoms with van der Waals surface area (Å²) in [4.78, 5) is 51.5. The minimum absolute atomic E-state index is 0.0191. The van der Waals surface area contributed by atoms with E-state index < -0.39 is 35.0 Å². The molecule has 0 fully saturated rings. The van der Waals surface area contributed by atoms with E-state index >= 15 is 0 Å². The Morgan fingerprint density at radius 1 is 0.865 bits per heavy atom. The molecule has 6 heteroatoms. The van der Waals surface area contributed by atoms with E-state index in [1.54, 1.807) is 0 Å². The fourth-order valence-electron chi connectivity index (χ4n) is 4.49. The number of Topliss-reactive ketones (excluding diaryl/α,β-unsaturated/α-hetero) is 3. The van der Waals surface area contributed by atoms with Crippen LogP contribution in [0.25, 0.3) is 0 Å². The quantitative estimate of drug-likeness (QED) is 0.130. The number of amides is 1. The number of carbonyl (C=O) groups is 4. The van der Waals surface area contributed by atoms with Gasteiger partial charge in [0.15, 0.2) is 0 Å². The van der Waals surface area contributed by atoms with Crippen molar-refractivity contribution in [1.82, 2.24) is 0 Å². The first-order chi connectivity index (χ1) is 16.8. The Morgan fingerprint density at radius 3 is 1.81 bits per heavy atom. The number of hydrogen-bond donors (Lipinski definition) is 1. The minimum atomic E-state index is -1.01. The van der Waals surface area contributed by atoms with Crippen LogP contribution >= 0.6 is 0 Å². The summed E-state index contributed by atoms with van der Waals surface area (Å²) in [6.07, 6.45) is 3.72. The van der Waals surface area contributed by atoms with E-state index in [1.807, 2.05) is 48.5 Å². The molecule has 0 aromatic carbocycles. The molecular formula is C31H53NO5. The molecular weight excluding hydrogens is 466 g/mol. The smallest absolute Gasteiger partial charge is 0.285 e. The maximum absolute atomic E-state index is 13.8. The average Bonchev–Trinajstić information content (AvgIpc) is 2.76. The van der Waals surface area contributed by atoms with E-state index in [9.17, 15) is 19.2 Å². The summed E-state index contributed by atoms with van der Waals surface area (Å²) in [7, 11) is 0. The zero-order chi connectivity index (χ0) is 29.2. The molecule has 0 aliphatic heterocycles. The third-order valence-corrected chi connectivity index (χ3v) is 7.08. The Bertz CT molecular complexity index is 850. The number of ketones is 3. The van der Waals surface area contributed by atoms with Gasteiger partial charge in [0.2, 0.25) is 5.78 Å². The third kappa shape index (κ3) is 13.2. The molecule has 0 aromatic heterocycles. The van der Waals surface area contributed by atoms with Crippen LogP contribution in [0.3, 0.4) is 0 Å². The standard InChI is InChI=1S/C31H53NO5/c1-12-15-16-21(27(35)28(32)36)17-25(33)22(20-31(10,11)14-3)18-26(34)24(29(4,5)6)19-23(13-2)37-30(7,8)9/h21-22,24H,2,12,14-20H2,1,3-11H3,(H2,32,36). The van der Waals surface area contributed by atoms with Crippen molar-refractivity contribution in [3.8, 4) is 0 Å². The number of nitrogens with two attached hydrogens (primary N) is 1. The molecule has 0 rings (SSSR count). The lowest BCUT2D eigenvalue weighted by Crippen LogP contribution is -2.36. The van der Waals surface area contributed by atoms with Gasteiger partial charge in [0.05, 0.1) is 0 Å². The lowest BCUT2D eigenvalue weighted by atomic mass is 9.70. The van der Waals surface area contributed by atoms with Crippen molar-refractivity contribution in [3.63, 3.8) is 0 Å². The second-order valence-corrected chi connectivity index (χ2v) is 13.3. The molecule has 212 valence electrons. The number of primary amides is 1. The van der Waals surface area contributed by atoms with Crippen LogP contribution in [0, 0.1) is 28.6 Å². The normalized spacial score (nSPS) is 14.8. The van der Waals surface area contributed by atoms with Crippen LogP contribution in [0.4, 0.5) is 0 Å². The lowest BCUT2D eigenvalue weighted by Gasteiger charge is -2.34. The molecule has 3 atom stereocenters. The monoisotopic (exact) mass is 519 g/mol. The van der Waals surface area contributed by atoms with E-state index in [0.717, 1.165) is 19.3 Å². The predicted molar refractivity (Wildman–Crippen MR) is 150 cm³/mol. The molecule has 0 saturated heterocycles. The summed E-state index contributed by atoms with van der Waals surface area (Å²) >= 11 is 0. The van der Waals surface area contributed by atoms with Crippen molar-refractivity contribution in [1.29, 1.82) is 0 Å². The number of hydrogen-bond acceptors (Lipinski definition) is 5. The highest BCUT2D eigenvalue weighted by Crippen LogP contribution is 2.38. The van der Waals surface area contributed by atoms with Gasteiger partial charge in [-0.25, -0.2) is 0 Å². The summed E-state index contributed by atoms with van der Waals surface area (Å²) < 4.78 is 5.99. The molecule has 6 nitrogen and oxygen atoms in total. The fraction of sp³-hybridized carbons (Fsp3) is 0.774. The Kier molecular flexibility index (Phi) is 13.8. The van der Waals surface area contributed by atoms with E-state index in [0.29, 0.717) is 25.0 Å². The zero-order valence-electron chi connectivity index (χ0n) is 25.2. The Hall–Kier alpha value is -2.20. The highest BCUT2D eigenvalue weighted by atomic mass is 16.5. The maximum atomic E-state index is 13.8. The summed E-state index contributed by atoms with van der Waals surface area (Å²) in [6.45, 7) is 23.8. The Labute approximate surface area is 225 Å². The highest BCUT2D eigenvalue weighted by Gasteiger charge is 2.38. The molecule has 2 N–H and O–H groups in total. The van der Waals surface area contributed by atoms with Gasteiger partial charge in [-0.2, -0.15) is 0 Å². The van der Waals surface area contributed by atoms with E-state index in [-0.39, 0.29) is 35.2 Å². The van der Waals surface area contributed by atoms with Crippen LogP contribution in [-0.4, -0.2) is 28.9 Å². The first kappa shape index (κ1) is 34.8. The molecule has 3 unspecified atom stereocenters. The van der Waals surface area contributed by atoms with E-state index in [2.05, 4.69) is 33.1 Å². The minimum Gasteiger partial charge on any atom is -0.484 e. The second kappa shape index (κ2) is 14.7. The molecule has 0 aliphatic rings. The van der Waals surface area contributed by atoms with Crippen molar-refractivity contribution in [2.45, 2.75) is 126 Å². The maximum Gasteiger partial charge on any atom is 0.285 e. The Balaban J connectivity index is 6.09. The zero-order valence-corrected chi connectivity index (χ0v) is 25.2. The van der Waals surface area contributed by atoms with Gasteiger partial charge in [-0.15, -0.1) is 0 Å². The number of rotatable bonds is 17. The molecule has 0 bridgehead atoms. The topological polar surface area (TPSA) is 104 Å².